The molecule has 1 fully saturated rings. The Hall–Kier alpha value is -2.33. The summed E-state index contributed by atoms with van der Waals surface area (Å²) in [6.45, 7) is 2.09. The van der Waals surface area contributed by atoms with Crippen molar-refractivity contribution in [1.29, 1.82) is 0 Å². The minimum Gasteiger partial charge on any atom is -0.369 e. The average Bonchev–Trinajstić information content (AvgIpc) is 2.96. The van der Waals surface area contributed by atoms with Gasteiger partial charge in [0.25, 0.3) is 0 Å². The third-order valence-electron chi connectivity index (χ3n) is 4.30. The van der Waals surface area contributed by atoms with Gasteiger partial charge in [-0.15, -0.1) is 0 Å². The highest BCUT2D eigenvalue weighted by molar-refractivity contribution is 5.79. The lowest BCUT2D eigenvalue weighted by Crippen LogP contribution is -2.34. The number of nitrogens with zero attached hydrogens (tertiary/aromatic N) is 1. The molecule has 0 aliphatic carbocycles. The zero-order valence-corrected chi connectivity index (χ0v) is 13.3. The molecule has 0 bridgehead atoms. The van der Waals surface area contributed by atoms with Gasteiger partial charge in [-0.25, -0.2) is 5.06 Å². The molecular weight excluding hydrogens is 288 g/mol. The minimum atomic E-state index is -0.363. The Morgan fingerprint density at radius 2 is 1.70 bits per heavy atom. The molecule has 0 unspecified atom stereocenters. The van der Waals surface area contributed by atoms with E-state index in [2.05, 4.69) is 6.92 Å². The lowest BCUT2D eigenvalue weighted by atomic mass is 9.87. The van der Waals surface area contributed by atoms with E-state index < -0.39 is 0 Å². The number of hydrogen-bond donors (Lipinski definition) is 1. The van der Waals surface area contributed by atoms with Gasteiger partial charge in [0, 0.05) is 0 Å². The van der Waals surface area contributed by atoms with Gasteiger partial charge in [-0.3, -0.25) is 9.63 Å². The maximum Gasteiger partial charge on any atom is 0.225 e. The summed E-state index contributed by atoms with van der Waals surface area (Å²) in [6.07, 6.45) is 1.56. The second-order valence-corrected chi connectivity index (χ2v) is 5.88. The molecule has 2 aromatic rings. The number of anilines is 1. The third kappa shape index (κ3) is 3.08. The van der Waals surface area contributed by atoms with Crippen LogP contribution in [0.1, 0.15) is 31.4 Å². The molecule has 0 radical (unpaired) electrons. The number of hydrogen-bond acceptors (Lipinski definition) is 3. The van der Waals surface area contributed by atoms with Crippen LogP contribution in [0.15, 0.2) is 60.7 Å². The molecule has 0 saturated carbocycles. The molecule has 2 aromatic carbocycles. The zero-order chi connectivity index (χ0) is 16.2. The highest BCUT2D eigenvalue weighted by Gasteiger charge is 2.47. The molecule has 1 heterocycles. The van der Waals surface area contributed by atoms with Crippen molar-refractivity contribution in [3.05, 3.63) is 66.2 Å². The fourth-order valence-electron chi connectivity index (χ4n) is 3.27. The van der Waals surface area contributed by atoms with Crippen LogP contribution in [0, 0.1) is 5.92 Å². The van der Waals surface area contributed by atoms with E-state index >= 15 is 0 Å². The number of primary amides is 1. The Balaban J connectivity index is 2.04. The number of para-hydroxylation sites is 1. The number of carbonyl (C=O) groups excluding carboxylic acids is 1. The first-order valence-corrected chi connectivity index (χ1v) is 8.07. The van der Waals surface area contributed by atoms with Crippen molar-refractivity contribution in [2.45, 2.75) is 31.9 Å². The van der Waals surface area contributed by atoms with Gasteiger partial charge in [0.05, 0.1) is 23.8 Å². The van der Waals surface area contributed by atoms with E-state index in [0.717, 1.165) is 24.1 Å². The van der Waals surface area contributed by atoms with E-state index in [4.69, 9.17) is 10.6 Å². The highest BCUT2D eigenvalue weighted by atomic mass is 16.7. The molecule has 3 atom stereocenters. The summed E-state index contributed by atoms with van der Waals surface area (Å²) in [5, 5.41) is 1.85. The van der Waals surface area contributed by atoms with E-state index in [0.29, 0.717) is 0 Å². The van der Waals surface area contributed by atoms with Gasteiger partial charge in [-0.05, 0) is 24.1 Å². The van der Waals surface area contributed by atoms with Crippen LogP contribution in [0.5, 0.6) is 0 Å². The molecule has 2 N–H and O–H groups in total. The molecule has 3 rings (SSSR count). The van der Waals surface area contributed by atoms with Crippen molar-refractivity contribution in [1.82, 2.24) is 0 Å². The number of nitrogens with two attached hydrogens (primary N) is 1. The second kappa shape index (κ2) is 6.84. The fourth-order valence-corrected chi connectivity index (χ4v) is 3.27. The lowest BCUT2D eigenvalue weighted by Gasteiger charge is -2.26. The molecule has 23 heavy (non-hydrogen) atoms. The summed E-state index contributed by atoms with van der Waals surface area (Å²) < 4.78 is 0. The second-order valence-electron chi connectivity index (χ2n) is 5.88. The first-order valence-electron chi connectivity index (χ1n) is 8.07. The van der Waals surface area contributed by atoms with Crippen molar-refractivity contribution in [2.75, 3.05) is 5.06 Å². The van der Waals surface area contributed by atoms with Crippen molar-refractivity contribution in [3.8, 4) is 0 Å². The normalized spacial score (nSPS) is 23.9. The maximum absolute atomic E-state index is 12.2. The quantitative estimate of drug-likeness (QED) is 0.920. The van der Waals surface area contributed by atoms with Crippen LogP contribution in [0.3, 0.4) is 0 Å². The SMILES string of the molecule is CCC[C@@H]1ON(c2ccccc2)[C@@H](c2ccccc2)[C@H]1C(N)=O. The van der Waals surface area contributed by atoms with Gasteiger partial charge in [0.1, 0.15) is 0 Å². The van der Waals surface area contributed by atoms with Crippen LogP contribution in [0.2, 0.25) is 0 Å². The van der Waals surface area contributed by atoms with Gasteiger partial charge in [-0.2, -0.15) is 0 Å². The van der Waals surface area contributed by atoms with Crippen LogP contribution in [0.25, 0.3) is 0 Å². The summed E-state index contributed by atoms with van der Waals surface area (Å²) in [6, 6.07) is 19.6. The molecule has 1 saturated heterocycles. The van der Waals surface area contributed by atoms with Crippen LogP contribution in [0.4, 0.5) is 5.69 Å². The van der Waals surface area contributed by atoms with E-state index in [-0.39, 0.29) is 24.0 Å². The lowest BCUT2D eigenvalue weighted by molar-refractivity contribution is -0.123. The molecule has 4 heteroatoms. The smallest absolute Gasteiger partial charge is 0.225 e. The standard InChI is InChI=1S/C19H22N2O2/c1-2-9-16-17(19(20)22)18(14-10-5-3-6-11-14)21(23-16)15-12-7-4-8-13-15/h3-8,10-13,16-18H,2,9H2,1H3,(H2,20,22)/t16-,17-,18-/m0/s1. The van der Waals surface area contributed by atoms with Crippen molar-refractivity contribution < 1.29 is 9.63 Å². The first-order chi connectivity index (χ1) is 11.2. The topological polar surface area (TPSA) is 55.6 Å². The minimum absolute atomic E-state index is 0.192. The summed E-state index contributed by atoms with van der Waals surface area (Å²) in [4.78, 5) is 18.3. The Kier molecular flexibility index (Phi) is 4.63. The van der Waals surface area contributed by atoms with E-state index in [1.807, 2.05) is 65.7 Å². The Morgan fingerprint density at radius 1 is 1.09 bits per heavy atom. The molecule has 4 nitrogen and oxygen atoms in total. The molecule has 1 aliphatic rings. The van der Waals surface area contributed by atoms with Crippen LogP contribution in [-0.4, -0.2) is 12.0 Å². The summed E-state index contributed by atoms with van der Waals surface area (Å²) >= 11 is 0. The van der Waals surface area contributed by atoms with Crippen LogP contribution in [-0.2, 0) is 9.63 Å². The number of amides is 1. The Morgan fingerprint density at radius 3 is 2.26 bits per heavy atom. The van der Waals surface area contributed by atoms with Gasteiger partial charge in [0.2, 0.25) is 5.91 Å². The summed E-state index contributed by atoms with van der Waals surface area (Å²) in [5.41, 5.74) is 7.72. The fraction of sp³-hybridized carbons (Fsp3) is 0.316. The predicted molar refractivity (Wildman–Crippen MR) is 90.6 cm³/mol. The summed E-state index contributed by atoms with van der Waals surface area (Å²) in [7, 11) is 0. The highest BCUT2D eigenvalue weighted by Crippen LogP contribution is 2.43. The van der Waals surface area contributed by atoms with Gasteiger partial charge in [0.15, 0.2) is 0 Å². The number of carbonyl (C=O) groups is 1. The van der Waals surface area contributed by atoms with Crippen LogP contribution < -0.4 is 10.8 Å². The predicted octanol–water partition coefficient (Wildman–Crippen LogP) is 3.45. The maximum atomic E-state index is 12.2. The number of hydroxylamine groups is 1. The first kappa shape index (κ1) is 15.6. The monoisotopic (exact) mass is 310 g/mol. The Labute approximate surface area is 136 Å². The molecule has 0 spiro atoms. The van der Waals surface area contributed by atoms with E-state index in [1.54, 1.807) is 0 Å². The van der Waals surface area contributed by atoms with Crippen molar-refractivity contribution in [3.63, 3.8) is 0 Å². The van der Waals surface area contributed by atoms with Crippen molar-refractivity contribution in [2.24, 2.45) is 11.7 Å². The molecule has 1 aliphatic heterocycles. The zero-order valence-electron chi connectivity index (χ0n) is 13.3. The molecule has 0 aromatic heterocycles. The molecule has 120 valence electrons. The van der Waals surface area contributed by atoms with E-state index in [9.17, 15) is 4.79 Å². The molecular formula is C19H22N2O2. The largest absolute Gasteiger partial charge is 0.369 e. The Bertz CT molecular complexity index is 645. The average molecular weight is 310 g/mol. The van der Waals surface area contributed by atoms with Gasteiger partial charge >= 0.3 is 0 Å². The van der Waals surface area contributed by atoms with Gasteiger partial charge in [-0.1, -0.05) is 61.9 Å². The number of rotatable bonds is 5. The van der Waals surface area contributed by atoms with Gasteiger partial charge < -0.3 is 5.73 Å². The number of benzene rings is 2. The van der Waals surface area contributed by atoms with Crippen molar-refractivity contribution >= 4 is 11.6 Å². The summed E-state index contributed by atoms with van der Waals surface area (Å²) in [5.74, 6) is -0.673. The third-order valence-corrected chi connectivity index (χ3v) is 4.30. The van der Waals surface area contributed by atoms with E-state index in [1.165, 1.54) is 0 Å². The molecule has 1 amide bonds. The van der Waals surface area contributed by atoms with Crippen LogP contribution >= 0.6 is 0 Å².